The maximum absolute atomic E-state index is 12.2. The topological polar surface area (TPSA) is 71.5 Å². The Morgan fingerprint density at radius 1 is 1.17 bits per heavy atom. The van der Waals surface area contributed by atoms with Crippen LogP contribution in [0.5, 0.6) is 5.75 Å². The van der Waals surface area contributed by atoms with E-state index in [1.54, 1.807) is 18.4 Å². The van der Waals surface area contributed by atoms with Gasteiger partial charge in [-0.3, -0.25) is 14.5 Å². The van der Waals surface area contributed by atoms with Gasteiger partial charge >= 0.3 is 0 Å². The van der Waals surface area contributed by atoms with E-state index >= 15 is 0 Å². The minimum absolute atomic E-state index is 0.130. The molecule has 1 aromatic carbocycles. The summed E-state index contributed by atoms with van der Waals surface area (Å²) in [6.45, 7) is 1.98. The molecule has 2 aliphatic rings. The molecule has 2 aliphatic heterocycles. The monoisotopic (exact) mass is 485 g/mol. The molecule has 0 unspecified atom stereocenters. The Balaban J connectivity index is 1.71. The minimum atomic E-state index is -0.130. The van der Waals surface area contributed by atoms with Crippen molar-refractivity contribution in [2.45, 2.75) is 32.4 Å². The van der Waals surface area contributed by atoms with Gasteiger partial charge in [0.05, 0.1) is 19.3 Å². The number of benzene rings is 1. The van der Waals surface area contributed by atoms with E-state index in [0.29, 0.717) is 5.69 Å². The predicted molar refractivity (Wildman–Crippen MR) is 120 cm³/mol. The number of fused-ring (bicyclic) bond motifs is 3. The first-order valence-electron chi connectivity index (χ1n) is 9.87. The highest BCUT2D eigenvalue weighted by Crippen LogP contribution is 2.44. The Labute approximate surface area is 186 Å². The highest BCUT2D eigenvalue weighted by Gasteiger charge is 2.31. The lowest BCUT2D eigenvalue weighted by Gasteiger charge is -2.18. The van der Waals surface area contributed by atoms with Crippen LogP contribution < -0.4 is 10.1 Å². The van der Waals surface area contributed by atoms with Crippen molar-refractivity contribution >= 4 is 49.3 Å². The second-order valence-electron chi connectivity index (χ2n) is 7.46. The van der Waals surface area contributed by atoms with Crippen molar-refractivity contribution in [1.29, 1.82) is 0 Å². The lowest BCUT2D eigenvalue weighted by molar-refractivity contribution is -0.139. The van der Waals surface area contributed by atoms with Crippen molar-refractivity contribution in [1.82, 2.24) is 15.2 Å². The van der Waals surface area contributed by atoms with Gasteiger partial charge in [0, 0.05) is 39.7 Å². The Morgan fingerprint density at radius 2 is 1.90 bits per heavy atom. The maximum Gasteiger partial charge on any atom is 0.230 e. The van der Waals surface area contributed by atoms with E-state index in [4.69, 9.17) is 9.72 Å². The Hall–Kier alpha value is -2.29. The second-order valence-corrected chi connectivity index (χ2v) is 9.34. The molecule has 154 valence electrons. The molecule has 1 saturated heterocycles. The number of nitrogens with zero attached hydrogens (tertiary/aromatic N) is 2. The first-order valence-corrected chi connectivity index (χ1v) is 11.5. The van der Waals surface area contributed by atoms with Gasteiger partial charge in [-0.2, -0.15) is 0 Å². The van der Waals surface area contributed by atoms with E-state index in [1.807, 2.05) is 24.3 Å². The summed E-state index contributed by atoms with van der Waals surface area (Å²) in [6.07, 6.45) is 1.51. The summed E-state index contributed by atoms with van der Waals surface area (Å²) in [5, 5.41) is 4.60. The van der Waals surface area contributed by atoms with Crippen molar-refractivity contribution in [3.05, 3.63) is 44.9 Å². The normalized spacial score (nSPS) is 16.4. The van der Waals surface area contributed by atoms with Gasteiger partial charge in [-0.1, -0.05) is 12.1 Å². The van der Waals surface area contributed by atoms with Gasteiger partial charge in [-0.25, -0.2) is 4.98 Å². The highest BCUT2D eigenvalue weighted by molar-refractivity contribution is 9.10. The molecule has 4 heterocycles. The molecular weight excluding hydrogens is 466 g/mol. The third-order valence-electron chi connectivity index (χ3n) is 5.71. The first-order chi connectivity index (χ1) is 14.6. The number of hydrogen-bond acceptors (Lipinski definition) is 6. The van der Waals surface area contributed by atoms with Crippen molar-refractivity contribution in [2.75, 3.05) is 13.7 Å². The summed E-state index contributed by atoms with van der Waals surface area (Å²) in [6, 6.07) is 7.97. The van der Waals surface area contributed by atoms with E-state index in [0.717, 1.165) is 51.1 Å². The van der Waals surface area contributed by atoms with Crippen LogP contribution in [0.2, 0.25) is 0 Å². The molecule has 8 heteroatoms. The number of thiophene rings is 1. The number of pyridine rings is 1. The SMILES string of the molecule is COc1ccc(-c2c(Br)c(CN3C(=O)CCC3=O)nc3sc4c(c23)CCNC4)cc1. The van der Waals surface area contributed by atoms with Crippen LogP contribution in [0, 0.1) is 0 Å². The minimum Gasteiger partial charge on any atom is -0.497 e. The molecule has 2 aromatic heterocycles. The molecule has 5 rings (SSSR count). The van der Waals surface area contributed by atoms with Crippen LogP contribution in [0.25, 0.3) is 21.3 Å². The summed E-state index contributed by atoms with van der Waals surface area (Å²) in [5.74, 6) is 0.536. The van der Waals surface area contributed by atoms with E-state index < -0.39 is 0 Å². The van der Waals surface area contributed by atoms with Crippen LogP contribution in [0.1, 0.15) is 29.0 Å². The molecule has 0 radical (unpaired) electrons. The van der Waals surface area contributed by atoms with Crippen LogP contribution in [0.4, 0.5) is 0 Å². The van der Waals surface area contributed by atoms with Crippen LogP contribution >= 0.6 is 27.3 Å². The average Bonchev–Trinajstić information content (AvgIpc) is 3.29. The van der Waals surface area contributed by atoms with Gasteiger partial charge in [0.1, 0.15) is 10.6 Å². The zero-order chi connectivity index (χ0) is 20.8. The first kappa shape index (κ1) is 19.7. The van der Waals surface area contributed by atoms with Crippen LogP contribution in [-0.2, 0) is 29.1 Å². The number of rotatable bonds is 4. The number of likely N-dealkylation sites (tertiary alicyclic amines) is 1. The van der Waals surface area contributed by atoms with Crippen LogP contribution in [-0.4, -0.2) is 35.4 Å². The van der Waals surface area contributed by atoms with Crippen molar-refractivity contribution in [2.24, 2.45) is 0 Å². The largest absolute Gasteiger partial charge is 0.497 e. The molecular formula is C22H20BrN3O3S. The van der Waals surface area contributed by atoms with Crippen molar-refractivity contribution < 1.29 is 14.3 Å². The molecule has 0 bridgehead atoms. The molecule has 0 saturated carbocycles. The molecule has 0 spiro atoms. The van der Waals surface area contributed by atoms with E-state index in [2.05, 4.69) is 21.2 Å². The predicted octanol–water partition coefficient (Wildman–Crippen LogP) is 4.03. The number of methoxy groups -OCH3 is 1. The van der Waals surface area contributed by atoms with E-state index in [-0.39, 0.29) is 31.2 Å². The van der Waals surface area contributed by atoms with Gasteiger partial charge in [-0.05, 0) is 52.2 Å². The highest BCUT2D eigenvalue weighted by atomic mass is 79.9. The van der Waals surface area contributed by atoms with Gasteiger partial charge < -0.3 is 10.1 Å². The fraction of sp³-hybridized carbons (Fsp3) is 0.318. The van der Waals surface area contributed by atoms with Crippen molar-refractivity contribution in [3.8, 4) is 16.9 Å². The van der Waals surface area contributed by atoms with E-state index in [1.165, 1.54) is 15.3 Å². The number of ether oxygens (including phenoxy) is 1. The summed E-state index contributed by atoms with van der Waals surface area (Å²) in [4.78, 5) is 32.9. The van der Waals surface area contributed by atoms with E-state index in [9.17, 15) is 9.59 Å². The lowest BCUT2D eigenvalue weighted by atomic mass is 9.96. The van der Waals surface area contributed by atoms with Gasteiger partial charge in [0.25, 0.3) is 0 Å². The third kappa shape index (κ3) is 3.23. The second kappa shape index (κ2) is 7.76. The quantitative estimate of drug-likeness (QED) is 0.564. The fourth-order valence-corrected chi connectivity index (χ4v) is 6.02. The molecule has 0 aliphatic carbocycles. The van der Waals surface area contributed by atoms with Gasteiger partial charge in [-0.15, -0.1) is 11.3 Å². The fourth-order valence-electron chi connectivity index (χ4n) is 4.17. The molecule has 30 heavy (non-hydrogen) atoms. The van der Waals surface area contributed by atoms with Crippen molar-refractivity contribution in [3.63, 3.8) is 0 Å². The Kier molecular flexibility index (Phi) is 5.08. The molecule has 3 aromatic rings. The molecule has 6 nitrogen and oxygen atoms in total. The smallest absolute Gasteiger partial charge is 0.230 e. The van der Waals surface area contributed by atoms with Crippen LogP contribution in [0.3, 0.4) is 0 Å². The average molecular weight is 486 g/mol. The number of carbonyl (C=O) groups is 2. The summed E-state index contributed by atoms with van der Waals surface area (Å²) in [5.41, 5.74) is 4.17. The number of imide groups is 1. The standard InChI is InChI=1S/C22H20BrN3O3S/c1-29-13-4-2-12(3-5-13)19-20-14-8-9-24-10-16(14)30-22(20)25-15(21(19)23)11-26-17(27)6-7-18(26)28/h2-5,24H,6-11H2,1H3. The number of aromatic nitrogens is 1. The summed E-state index contributed by atoms with van der Waals surface area (Å²) >= 11 is 5.47. The molecule has 0 atom stereocenters. The third-order valence-corrected chi connectivity index (χ3v) is 7.69. The Morgan fingerprint density at radius 3 is 2.60 bits per heavy atom. The zero-order valence-electron chi connectivity index (χ0n) is 16.5. The molecule has 1 fully saturated rings. The number of amides is 2. The number of halogens is 1. The number of hydrogen-bond donors (Lipinski definition) is 1. The zero-order valence-corrected chi connectivity index (χ0v) is 18.9. The van der Waals surface area contributed by atoms with Crippen LogP contribution in [0.15, 0.2) is 28.7 Å². The number of nitrogens with one attached hydrogen (secondary N) is 1. The summed E-state index contributed by atoms with van der Waals surface area (Å²) in [7, 11) is 1.65. The molecule has 1 N–H and O–H groups in total. The lowest BCUT2D eigenvalue weighted by Crippen LogP contribution is -2.29. The summed E-state index contributed by atoms with van der Waals surface area (Å²) < 4.78 is 6.16. The molecule has 2 amide bonds. The van der Waals surface area contributed by atoms with Gasteiger partial charge in [0.15, 0.2) is 0 Å². The van der Waals surface area contributed by atoms with Gasteiger partial charge in [0.2, 0.25) is 11.8 Å². The Bertz CT molecular complexity index is 1160. The number of carbonyl (C=O) groups excluding carboxylic acids is 2. The maximum atomic E-state index is 12.2.